The van der Waals surface area contributed by atoms with Gasteiger partial charge in [-0.3, -0.25) is 4.90 Å². The van der Waals surface area contributed by atoms with E-state index in [1.807, 2.05) is 0 Å². The minimum Gasteiger partial charge on any atom is -0.380 e. The van der Waals surface area contributed by atoms with E-state index in [0.717, 1.165) is 31.7 Å². The molecule has 2 fully saturated rings. The van der Waals surface area contributed by atoms with Gasteiger partial charge in [0.25, 0.3) is 0 Å². The Hall–Kier alpha value is -0.0800. The van der Waals surface area contributed by atoms with Crippen molar-refractivity contribution in [3.63, 3.8) is 0 Å². The monoisotopic (exact) mass is 225 g/mol. The second-order valence-electron chi connectivity index (χ2n) is 5.70. The second kappa shape index (κ2) is 6.02. The summed E-state index contributed by atoms with van der Waals surface area (Å²) in [5, 5.41) is 0. The van der Waals surface area contributed by atoms with Crippen molar-refractivity contribution in [1.82, 2.24) is 4.90 Å². The molecule has 16 heavy (non-hydrogen) atoms. The maximum atomic E-state index is 5.65. The van der Waals surface area contributed by atoms with Gasteiger partial charge >= 0.3 is 0 Å². The summed E-state index contributed by atoms with van der Waals surface area (Å²) in [5.74, 6) is 0.942. The van der Waals surface area contributed by atoms with Crippen LogP contribution in [0.2, 0.25) is 0 Å². The Bertz CT molecular complexity index is 199. The molecule has 0 bridgehead atoms. The van der Waals surface area contributed by atoms with Crippen LogP contribution >= 0.6 is 0 Å². The summed E-state index contributed by atoms with van der Waals surface area (Å²) in [6, 6.07) is 1.47. The van der Waals surface area contributed by atoms with Gasteiger partial charge < -0.3 is 4.74 Å². The first-order valence-corrected chi connectivity index (χ1v) is 7.12. The van der Waals surface area contributed by atoms with Crippen LogP contribution in [-0.2, 0) is 4.74 Å². The van der Waals surface area contributed by atoms with Crippen molar-refractivity contribution in [2.24, 2.45) is 5.92 Å². The molecule has 1 saturated carbocycles. The molecule has 1 aliphatic carbocycles. The molecule has 94 valence electrons. The molecule has 0 spiro atoms. The van der Waals surface area contributed by atoms with E-state index in [1.165, 1.54) is 38.5 Å². The van der Waals surface area contributed by atoms with Crippen LogP contribution < -0.4 is 0 Å². The van der Waals surface area contributed by atoms with Crippen LogP contribution in [-0.4, -0.2) is 36.7 Å². The van der Waals surface area contributed by atoms with Crippen molar-refractivity contribution < 1.29 is 4.74 Å². The molecule has 0 radical (unpaired) electrons. The van der Waals surface area contributed by atoms with E-state index >= 15 is 0 Å². The minimum absolute atomic E-state index is 0.675. The van der Waals surface area contributed by atoms with E-state index in [-0.39, 0.29) is 0 Å². The Morgan fingerprint density at radius 3 is 2.44 bits per heavy atom. The highest BCUT2D eigenvalue weighted by molar-refractivity contribution is 4.84. The van der Waals surface area contributed by atoms with E-state index in [1.54, 1.807) is 0 Å². The van der Waals surface area contributed by atoms with Gasteiger partial charge in [0.05, 0.1) is 6.61 Å². The third-order valence-electron chi connectivity index (χ3n) is 4.34. The maximum Gasteiger partial charge on any atom is 0.0593 e. The Balaban J connectivity index is 2.00. The lowest BCUT2D eigenvalue weighted by molar-refractivity contribution is 0.0916. The van der Waals surface area contributed by atoms with E-state index in [4.69, 9.17) is 4.74 Å². The first-order chi connectivity index (χ1) is 7.79. The summed E-state index contributed by atoms with van der Waals surface area (Å²) in [7, 11) is 0. The van der Waals surface area contributed by atoms with Crippen LogP contribution in [0.25, 0.3) is 0 Å². The van der Waals surface area contributed by atoms with Crippen LogP contribution in [0.3, 0.4) is 0 Å². The number of ether oxygens (including phenoxy) is 1. The summed E-state index contributed by atoms with van der Waals surface area (Å²) < 4.78 is 5.65. The van der Waals surface area contributed by atoms with Gasteiger partial charge in [-0.25, -0.2) is 0 Å². The van der Waals surface area contributed by atoms with Crippen molar-refractivity contribution >= 4 is 0 Å². The van der Waals surface area contributed by atoms with E-state index in [0.29, 0.717) is 6.04 Å². The Morgan fingerprint density at radius 1 is 1.00 bits per heavy atom. The summed E-state index contributed by atoms with van der Waals surface area (Å²) in [6.45, 7) is 7.72. The van der Waals surface area contributed by atoms with E-state index in [9.17, 15) is 0 Å². The lowest BCUT2D eigenvalue weighted by atomic mass is 9.81. The predicted molar refractivity (Wildman–Crippen MR) is 67.6 cm³/mol. The van der Waals surface area contributed by atoms with Crippen LogP contribution in [0.4, 0.5) is 0 Å². The smallest absolute Gasteiger partial charge is 0.0593 e. The van der Waals surface area contributed by atoms with Crippen molar-refractivity contribution in [1.29, 1.82) is 0 Å². The summed E-state index contributed by atoms with van der Waals surface area (Å²) in [6.07, 6.45) is 8.52. The Morgan fingerprint density at radius 2 is 1.75 bits per heavy atom. The average molecular weight is 225 g/mol. The third kappa shape index (κ3) is 2.98. The van der Waals surface area contributed by atoms with Crippen LogP contribution in [0.5, 0.6) is 0 Å². The van der Waals surface area contributed by atoms with Gasteiger partial charge in [-0.15, -0.1) is 0 Å². The van der Waals surface area contributed by atoms with Gasteiger partial charge in [0.2, 0.25) is 0 Å². The van der Waals surface area contributed by atoms with Gasteiger partial charge in [-0.05, 0) is 39.0 Å². The molecule has 1 unspecified atom stereocenters. The predicted octanol–water partition coefficient (Wildman–Crippen LogP) is 3.07. The fourth-order valence-electron chi connectivity index (χ4n) is 3.47. The molecule has 1 heterocycles. The first kappa shape index (κ1) is 12.4. The molecule has 2 rings (SSSR count). The van der Waals surface area contributed by atoms with E-state index < -0.39 is 0 Å². The fourth-order valence-corrected chi connectivity index (χ4v) is 3.47. The fraction of sp³-hybridized carbons (Fsp3) is 1.00. The topological polar surface area (TPSA) is 12.5 Å². The molecule has 2 aliphatic rings. The highest BCUT2D eigenvalue weighted by Gasteiger charge is 2.31. The molecule has 0 aromatic heterocycles. The van der Waals surface area contributed by atoms with Gasteiger partial charge in [0.15, 0.2) is 0 Å². The highest BCUT2D eigenvalue weighted by atomic mass is 16.5. The van der Waals surface area contributed by atoms with Gasteiger partial charge in [0.1, 0.15) is 0 Å². The largest absolute Gasteiger partial charge is 0.380 e. The third-order valence-corrected chi connectivity index (χ3v) is 4.34. The van der Waals surface area contributed by atoms with Crippen LogP contribution in [0.1, 0.15) is 52.4 Å². The normalized spacial score (nSPS) is 30.6. The molecule has 2 heteroatoms. The lowest BCUT2D eigenvalue weighted by Gasteiger charge is -2.39. The Kier molecular flexibility index (Phi) is 4.66. The summed E-state index contributed by atoms with van der Waals surface area (Å²) in [4.78, 5) is 2.70. The molecule has 1 aliphatic heterocycles. The quantitative estimate of drug-likeness (QED) is 0.716. The van der Waals surface area contributed by atoms with Crippen molar-refractivity contribution in [3.05, 3.63) is 0 Å². The molecule has 0 N–H and O–H groups in total. The van der Waals surface area contributed by atoms with Gasteiger partial charge in [-0.2, -0.15) is 0 Å². The number of rotatable bonds is 2. The summed E-state index contributed by atoms with van der Waals surface area (Å²) >= 11 is 0. The van der Waals surface area contributed by atoms with Crippen molar-refractivity contribution in [2.75, 3.05) is 19.8 Å². The maximum absolute atomic E-state index is 5.65. The average Bonchev–Trinajstić information content (AvgIpc) is 2.55. The number of nitrogens with zero attached hydrogens (tertiary/aromatic N) is 1. The zero-order valence-electron chi connectivity index (χ0n) is 11.0. The first-order valence-electron chi connectivity index (χ1n) is 7.12. The van der Waals surface area contributed by atoms with Crippen LogP contribution in [0.15, 0.2) is 0 Å². The van der Waals surface area contributed by atoms with Crippen LogP contribution in [0, 0.1) is 5.92 Å². The van der Waals surface area contributed by atoms with Crippen molar-refractivity contribution in [2.45, 2.75) is 64.5 Å². The van der Waals surface area contributed by atoms with Gasteiger partial charge in [-0.1, -0.05) is 19.3 Å². The zero-order chi connectivity index (χ0) is 11.4. The van der Waals surface area contributed by atoms with Gasteiger partial charge in [0, 0.05) is 25.2 Å². The lowest BCUT2D eigenvalue weighted by Crippen LogP contribution is -2.45. The molecule has 1 saturated heterocycles. The molecule has 0 aromatic carbocycles. The second-order valence-corrected chi connectivity index (χ2v) is 5.70. The molecule has 1 atom stereocenters. The molecule has 2 nitrogen and oxygen atoms in total. The molecular formula is C14H27NO. The van der Waals surface area contributed by atoms with Crippen molar-refractivity contribution in [3.8, 4) is 0 Å². The number of hydrogen-bond acceptors (Lipinski definition) is 2. The SMILES string of the molecule is CC(C)N1CCOCCC1C1CCCCC1. The molecule has 0 aromatic rings. The standard InChI is InChI=1S/C14H27NO/c1-12(2)15-9-11-16-10-8-14(15)13-6-4-3-5-7-13/h12-14H,3-11H2,1-2H3. The highest BCUT2D eigenvalue weighted by Crippen LogP contribution is 2.32. The molecular weight excluding hydrogens is 198 g/mol. The minimum atomic E-state index is 0.675. The summed E-state index contributed by atoms with van der Waals surface area (Å²) in [5.41, 5.74) is 0. The zero-order valence-corrected chi connectivity index (χ0v) is 11.0. The number of hydrogen-bond donors (Lipinski definition) is 0. The van der Waals surface area contributed by atoms with E-state index in [2.05, 4.69) is 18.7 Å². The molecule has 0 amide bonds. The Labute approximate surface area is 100 Å².